The molecule has 1 amide bonds. The van der Waals surface area contributed by atoms with Gasteiger partial charge < -0.3 is 5.32 Å². The highest BCUT2D eigenvalue weighted by Crippen LogP contribution is 2.21. The second kappa shape index (κ2) is 5.57. The lowest BCUT2D eigenvalue weighted by Crippen LogP contribution is -2.23. The number of carbonyl (C=O) groups excluding carboxylic acids is 1. The number of halogens is 1. The van der Waals surface area contributed by atoms with Crippen LogP contribution in [-0.4, -0.2) is 15.7 Å². The molecule has 0 spiro atoms. The Morgan fingerprint density at radius 2 is 2.16 bits per heavy atom. The molecule has 5 heteroatoms. The van der Waals surface area contributed by atoms with Gasteiger partial charge in [0.15, 0.2) is 0 Å². The van der Waals surface area contributed by atoms with Gasteiger partial charge in [-0.15, -0.1) is 0 Å². The third-order valence-corrected chi connectivity index (χ3v) is 4.04. The highest BCUT2D eigenvalue weighted by Gasteiger charge is 2.12. The third-order valence-electron chi connectivity index (χ3n) is 2.99. The molecule has 0 unspecified atom stereocenters. The first-order valence-electron chi connectivity index (χ1n) is 6.01. The Kier molecular flexibility index (Phi) is 4.04. The zero-order valence-electron chi connectivity index (χ0n) is 11.2. The minimum Gasteiger partial charge on any atom is -0.348 e. The summed E-state index contributed by atoms with van der Waals surface area (Å²) in [5.41, 5.74) is 3.66. The third kappa shape index (κ3) is 3.04. The van der Waals surface area contributed by atoms with Gasteiger partial charge in [0.25, 0.3) is 5.91 Å². The van der Waals surface area contributed by atoms with E-state index in [-0.39, 0.29) is 5.91 Å². The highest BCUT2D eigenvalue weighted by atomic mass is 79.9. The lowest BCUT2D eigenvalue weighted by Gasteiger charge is -2.08. The lowest BCUT2D eigenvalue weighted by atomic mass is 10.1. The highest BCUT2D eigenvalue weighted by molar-refractivity contribution is 9.10. The number of nitrogens with one attached hydrogen (secondary N) is 1. The maximum Gasteiger partial charge on any atom is 0.252 e. The molecule has 100 valence electrons. The second-order valence-corrected chi connectivity index (χ2v) is 5.33. The van der Waals surface area contributed by atoms with E-state index in [0.717, 1.165) is 21.3 Å². The van der Waals surface area contributed by atoms with Gasteiger partial charge in [-0.3, -0.25) is 9.48 Å². The number of carbonyl (C=O) groups is 1. The van der Waals surface area contributed by atoms with Crippen LogP contribution in [0.3, 0.4) is 0 Å². The summed E-state index contributed by atoms with van der Waals surface area (Å²) in [6.45, 7) is 4.38. The van der Waals surface area contributed by atoms with Crippen LogP contribution >= 0.6 is 15.9 Å². The van der Waals surface area contributed by atoms with Crippen molar-refractivity contribution < 1.29 is 4.79 Å². The van der Waals surface area contributed by atoms with Crippen LogP contribution in [-0.2, 0) is 13.6 Å². The number of aromatic nitrogens is 2. The Morgan fingerprint density at radius 3 is 2.79 bits per heavy atom. The van der Waals surface area contributed by atoms with E-state index in [0.29, 0.717) is 12.1 Å². The summed E-state index contributed by atoms with van der Waals surface area (Å²) in [6.07, 6.45) is 1.92. The molecular weight excluding hydrogens is 306 g/mol. The van der Waals surface area contributed by atoms with Crippen molar-refractivity contribution in [2.75, 3.05) is 0 Å². The van der Waals surface area contributed by atoms with Crippen LogP contribution in [0.5, 0.6) is 0 Å². The molecule has 0 radical (unpaired) electrons. The van der Waals surface area contributed by atoms with Crippen LogP contribution < -0.4 is 5.32 Å². The average molecular weight is 322 g/mol. The van der Waals surface area contributed by atoms with Crippen LogP contribution in [0.1, 0.15) is 27.2 Å². The minimum absolute atomic E-state index is 0.0844. The summed E-state index contributed by atoms with van der Waals surface area (Å²) >= 11 is 3.45. The van der Waals surface area contributed by atoms with Gasteiger partial charge >= 0.3 is 0 Å². The van der Waals surface area contributed by atoms with Gasteiger partial charge in [0.05, 0.1) is 11.3 Å². The summed E-state index contributed by atoms with van der Waals surface area (Å²) in [4.78, 5) is 12.1. The van der Waals surface area contributed by atoms with E-state index in [1.165, 1.54) is 0 Å². The Morgan fingerprint density at radius 1 is 1.42 bits per heavy atom. The zero-order valence-corrected chi connectivity index (χ0v) is 12.8. The molecular formula is C14H16BrN3O. The molecule has 0 bridgehead atoms. The summed E-state index contributed by atoms with van der Waals surface area (Å²) in [5, 5.41) is 7.16. The molecule has 0 saturated carbocycles. The van der Waals surface area contributed by atoms with Crippen molar-refractivity contribution in [3.63, 3.8) is 0 Å². The fourth-order valence-electron chi connectivity index (χ4n) is 1.92. The molecule has 1 N–H and O–H groups in total. The van der Waals surface area contributed by atoms with Gasteiger partial charge in [0.2, 0.25) is 0 Å². The molecule has 0 atom stereocenters. The second-order valence-electron chi connectivity index (χ2n) is 4.53. The molecule has 1 aromatic heterocycles. The molecule has 0 fully saturated rings. The topological polar surface area (TPSA) is 46.9 Å². The van der Waals surface area contributed by atoms with Gasteiger partial charge in [0, 0.05) is 29.8 Å². The normalized spacial score (nSPS) is 10.5. The Hall–Kier alpha value is -1.62. The van der Waals surface area contributed by atoms with Gasteiger partial charge in [0.1, 0.15) is 0 Å². The Labute approximate surface area is 120 Å². The van der Waals surface area contributed by atoms with E-state index in [2.05, 4.69) is 26.3 Å². The predicted octanol–water partition coefficient (Wildman–Crippen LogP) is 2.73. The molecule has 0 aliphatic carbocycles. The summed E-state index contributed by atoms with van der Waals surface area (Å²) in [5.74, 6) is -0.0844. The maximum absolute atomic E-state index is 12.1. The average Bonchev–Trinajstić information content (AvgIpc) is 2.68. The monoisotopic (exact) mass is 321 g/mol. The molecule has 2 rings (SSSR count). The van der Waals surface area contributed by atoms with E-state index in [4.69, 9.17) is 0 Å². The van der Waals surface area contributed by atoms with E-state index in [9.17, 15) is 4.79 Å². The Bertz CT molecular complexity index is 619. The fourth-order valence-corrected chi connectivity index (χ4v) is 2.36. The quantitative estimate of drug-likeness (QED) is 0.944. The molecule has 1 heterocycles. The van der Waals surface area contributed by atoms with E-state index < -0.39 is 0 Å². The summed E-state index contributed by atoms with van der Waals surface area (Å²) in [6, 6.07) is 5.65. The maximum atomic E-state index is 12.1. The smallest absolute Gasteiger partial charge is 0.252 e. The van der Waals surface area contributed by atoms with Gasteiger partial charge in [-0.2, -0.15) is 5.10 Å². The lowest BCUT2D eigenvalue weighted by molar-refractivity contribution is 0.0950. The Balaban J connectivity index is 2.10. The number of hydrogen-bond acceptors (Lipinski definition) is 2. The molecule has 19 heavy (non-hydrogen) atoms. The number of benzene rings is 1. The van der Waals surface area contributed by atoms with Crippen molar-refractivity contribution >= 4 is 21.8 Å². The van der Waals surface area contributed by atoms with E-state index >= 15 is 0 Å². The SMILES string of the molecule is Cc1cccc(C(=O)NCc2cn(C)nc2C)c1Br. The van der Waals surface area contributed by atoms with E-state index in [1.54, 1.807) is 4.68 Å². The number of rotatable bonds is 3. The van der Waals surface area contributed by atoms with Crippen molar-refractivity contribution in [1.29, 1.82) is 0 Å². The molecule has 1 aromatic carbocycles. The summed E-state index contributed by atoms with van der Waals surface area (Å²) in [7, 11) is 1.87. The van der Waals surface area contributed by atoms with Crippen LogP contribution in [0.2, 0.25) is 0 Å². The van der Waals surface area contributed by atoms with E-state index in [1.807, 2.05) is 45.3 Å². The van der Waals surface area contributed by atoms with Gasteiger partial charge in [-0.1, -0.05) is 12.1 Å². The predicted molar refractivity (Wildman–Crippen MR) is 78.0 cm³/mol. The van der Waals surface area contributed by atoms with Crippen LogP contribution in [0.15, 0.2) is 28.9 Å². The minimum atomic E-state index is -0.0844. The van der Waals surface area contributed by atoms with Crippen molar-refractivity contribution in [2.24, 2.45) is 7.05 Å². The first-order valence-corrected chi connectivity index (χ1v) is 6.80. The fraction of sp³-hybridized carbons (Fsp3) is 0.286. The van der Waals surface area contributed by atoms with Crippen molar-refractivity contribution in [2.45, 2.75) is 20.4 Å². The van der Waals surface area contributed by atoms with Gasteiger partial charge in [-0.25, -0.2) is 0 Å². The largest absolute Gasteiger partial charge is 0.348 e. The van der Waals surface area contributed by atoms with Crippen molar-refractivity contribution in [3.8, 4) is 0 Å². The standard InChI is InChI=1S/C14H16BrN3O/c1-9-5-4-6-12(13(9)15)14(19)16-7-11-8-18(3)17-10(11)2/h4-6,8H,7H2,1-3H3,(H,16,19). The van der Waals surface area contributed by atoms with Crippen molar-refractivity contribution in [1.82, 2.24) is 15.1 Å². The van der Waals surface area contributed by atoms with Gasteiger partial charge in [-0.05, 0) is 41.4 Å². The molecule has 0 aliphatic rings. The van der Waals surface area contributed by atoms with Crippen molar-refractivity contribution in [3.05, 3.63) is 51.3 Å². The molecule has 0 aliphatic heterocycles. The molecule has 0 saturated heterocycles. The first-order chi connectivity index (χ1) is 8.99. The summed E-state index contributed by atoms with van der Waals surface area (Å²) < 4.78 is 2.59. The number of amides is 1. The molecule has 2 aromatic rings. The number of aryl methyl sites for hydroxylation is 3. The van der Waals surface area contributed by atoms with Crippen LogP contribution in [0, 0.1) is 13.8 Å². The number of hydrogen-bond donors (Lipinski definition) is 1. The molecule has 4 nitrogen and oxygen atoms in total. The number of nitrogens with zero attached hydrogens (tertiary/aromatic N) is 2. The zero-order chi connectivity index (χ0) is 14.0. The first kappa shape index (κ1) is 13.8. The van der Waals surface area contributed by atoms with Crippen LogP contribution in [0.4, 0.5) is 0 Å². The van der Waals surface area contributed by atoms with Crippen LogP contribution in [0.25, 0.3) is 0 Å².